The number of nitrogens with one attached hydrogen (secondary N) is 2. The van der Waals surface area contributed by atoms with E-state index < -0.39 is 35.2 Å². The molecule has 0 radical (unpaired) electrons. The maximum absolute atomic E-state index is 13.0. The Labute approximate surface area is 179 Å². The second-order valence-corrected chi connectivity index (χ2v) is 7.44. The van der Waals surface area contributed by atoms with Gasteiger partial charge in [-0.05, 0) is 38.5 Å². The van der Waals surface area contributed by atoms with E-state index in [9.17, 15) is 24.8 Å². The minimum Gasteiger partial charge on any atom is -0.507 e. The number of amides is 3. The zero-order chi connectivity index (χ0) is 23.2. The summed E-state index contributed by atoms with van der Waals surface area (Å²) >= 11 is 0. The van der Waals surface area contributed by atoms with E-state index in [1.807, 2.05) is 6.07 Å². The molecule has 31 heavy (non-hydrogen) atoms. The number of nitriles is 1. The first-order chi connectivity index (χ1) is 14.5. The fraction of sp³-hybridized carbons (Fsp3) is 0.227. The van der Waals surface area contributed by atoms with E-state index in [4.69, 9.17) is 4.74 Å². The molecule has 2 aromatic carbocycles. The number of phenols is 1. The molecular weight excluding hydrogens is 400 g/mol. The van der Waals surface area contributed by atoms with E-state index in [0.29, 0.717) is 5.56 Å². The number of benzene rings is 2. The molecule has 2 aromatic rings. The third-order valence-electron chi connectivity index (χ3n) is 3.72. The first-order valence-corrected chi connectivity index (χ1v) is 9.24. The molecule has 0 saturated carbocycles. The molecule has 2 rings (SSSR count). The van der Waals surface area contributed by atoms with Crippen LogP contribution in [0.25, 0.3) is 11.1 Å². The number of hydrogen-bond acceptors (Lipinski definition) is 6. The SMILES string of the molecule is CC(=O)N/C(=N/C(=O)OC(C)(C)C)NC(=O)c1c(O)ccc(C#N)c1-c1ccccc1. The highest BCUT2D eigenvalue weighted by Crippen LogP contribution is 2.33. The van der Waals surface area contributed by atoms with Crippen molar-refractivity contribution in [3.63, 3.8) is 0 Å². The van der Waals surface area contributed by atoms with Crippen LogP contribution >= 0.6 is 0 Å². The smallest absolute Gasteiger partial charge is 0.437 e. The summed E-state index contributed by atoms with van der Waals surface area (Å²) in [5, 5.41) is 24.4. The van der Waals surface area contributed by atoms with Crippen molar-refractivity contribution >= 4 is 23.9 Å². The molecule has 9 nitrogen and oxygen atoms in total. The van der Waals surface area contributed by atoms with Gasteiger partial charge >= 0.3 is 6.09 Å². The number of rotatable bonds is 2. The van der Waals surface area contributed by atoms with Gasteiger partial charge < -0.3 is 9.84 Å². The molecule has 0 heterocycles. The number of hydrogen-bond donors (Lipinski definition) is 3. The van der Waals surface area contributed by atoms with Crippen molar-refractivity contribution in [2.75, 3.05) is 0 Å². The third kappa shape index (κ3) is 6.40. The summed E-state index contributed by atoms with van der Waals surface area (Å²) < 4.78 is 5.07. The highest BCUT2D eigenvalue weighted by molar-refractivity contribution is 6.14. The summed E-state index contributed by atoms with van der Waals surface area (Å²) in [6.45, 7) is 6.07. The van der Waals surface area contributed by atoms with Gasteiger partial charge in [-0.1, -0.05) is 30.3 Å². The Hall–Kier alpha value is -4.19. The van der Waals surface area contributed by atoms with Crippen molar-refractivity contribution in [3.8, 4) is 22.9 Å². The van der Waals surface area contributed by atoms with Crippen LogP contribution in [-0.4, -0.2) is 34.6 Å². The van der Waals surface area contributed by atoms with E-state index in [0.717, 1.165) is 0 Å². The molecule has 0 aliphatic carbocycles. The Morgan fingerprint density at radius 1 is 1.06 bits per heavy atom. The number of phenolic OH excluding ortho intramolecular Hbond substituents is 1. The van der Waals surface area contributed by atoms with Gasteiger partial charge in [0, 0.05) is 12.5 Å². The molecule has 0 unspecified atom stereocenters. The predicted octanol–water partition coefficient (Wildman–Crippen LogP) is 3.09. The number of aromatic hydroxyl groups is 1. The molecule has 0 atom stereocenters. The van der Waals surface area contributed by atoms with Crippen molar-refractivity contribution in [2.45, 2.75) is 33.3 Å². The van der Waals surface area contributed by atoms with Gasteiger partial charge in [-0.25, -0.2) is 4.79 Å². The highest BCUT2D eigenvalue weighted by Gasteiger charge is 2.23. The van der Waals surface area contributed by atoms with E-state index in [-0.39, 0.29) is 16.7 Å². The van der Waals surface area contributed by atoms with Crippen LogP contribution in [0.1, 0.15) is 43.6 Å². The molecule has 0 aromatic heterocycles. The summed E-state index contributed by atoms with van der Waals surface area (Å²) in [6, 6.07) is 13.1. The van der Waals surface area contributed by atoms with E-state index >= 15 is 0 Å². The molecule has 0 bridgehead atoms. The quantitative estimate of drug-likeness (QED) is 0.502. The molecule has 0 aliphatic heterocycles. The van der Waals surface area contributed by atoms with Gasteiger partial charge in [-0.3, -0.25) is 20.2 Å². The number of nitrogens with zero attached hydrogens (tertiary/aromatic N) is 2. The zero-order valence-corrected chi connectivity index (χ0v) is 17.5. The lowest BCUT2D eigenvalue weighted by Crippen LogP contribution is -2.44. The maximum Gasteiger partial charge on any atom is 0.437 e. The molecule has 0 spiro atoms. The van der Waals surface area contributed by atoms with Gasteiger partial charge in [-0.2, -0.15) is 5.26 Å². The maximum atomic E-state index is 13.0. The summed E-state index contributed by atoms with van der Waals surface area (Å²) in [7, 11) is 0. The summed E-state index contributed by atoms with van der Waals surface area (Å²) in [5.41, 5.74) is -0.191. The summed E-state index contributed by atoms with van der Waals surface area (Å²) in [6.07, 6.45) is -1.03. The molecular formula is C22H22N4O5. The lowest BCUT2D eigenvalue weighted by Gasteiger charge is -2.18. The second-order valence-electron chi connectivity index (χ2n) is 7.44. The van der Waals surface area contributed by atoms with Crippen molar-refractivity contribution in [2.24, 2.45) is 4.99 Å². The van der Waals surface area contributed by atoms with Gasteiger partial charge in [0.25, 0.3) is 5.91 Å². The van der Waals surface area contributed by atoms with Crippen molar-refractivity contribution in [1.29, 1.82) is 5.26 Å². The Morgan fingerprint density at radius 3 is 2.26 bits per heavy atom. The van der Waals surface area contributed by atoms with Gasteiger partial charge in [0.1, 0.15) is 11.4 Å². The number of ether oxygens (including phenoxy) is 1. The first kappa shape index (κ1) is 23.1. The van der Waals surface area contributed by atoms with Crippen LogP contribution in [0.3, 0.4) is 0 Å². The topological polar surface area (TPSA) is 141 Å². The van der Waals surface area contributed by atoms with Crippen LogP contribution in [0.2, 0.25) is 0 Å². The molecule has 9 heteroatoms. The van der Waals surface area contributed by atoms with Gasteiger partial charge in [0.2, 0.25) is 11.9 Å². The lowest BCUT2D eigenvalue weighted by molar-refractivity contribution is -0.117. The monoisotopic (exact) mass is 422 g/mol. The highest BCUT2D eigenvalue weighted by atomic mass is 16.6. The van der Waals surface area contributed by atoms with Crippen molar-refractivity contribution in [1.82, 2.24) is 10.6 Å². The molecule has 160 valence electrons. The van der Waals surface area contributed by atoms with Crippen molar-refractivity contribution in [3.05, 3.63) is 53.6 Å². The van der Waals surface area contributed by atoms with Crippen LogP contribution in [0.5, 0.6) is 5.75 Å². The Bertz CT molecular complexity index is 1080. The summed E-state index contributed by atoms with van der Waals surface area (Å²) in [5.74, 6) is -2.35. The number of carbonyl (C=O) groups excluding carboxylic acids is 3. The van der Waals surface area contributed by atoms with Crippen molar-refractivity contribution < 1.29 is 24.2 Å². The molecule has 0 fully saturated rings. The number of carbonyl (C=O) groups is 3. The number of aliphatic imine (C=N–C) groups is 1. The van der Waals surface area contributed by atoms with Crippen LogP contribution in [0.4, 0.5) is 4.79 Å². The predicted molar refractivity (Wildman–Crippen MR) is 113 cm³/mol. The molecule has 3 N–H and O–H groups in total. The molecule has 3 amide bonds. The van der Waals surface area contributed by atoms with Gasteiger partial charge in [-0.15, -0.1) is 4.99 Å². The fourth-order valence-corrected chi connectivity index (χ4v) is 2.62. The third-order valence-corrected chi connectivity index (χ3v) is 3.72. The molecule has 0 saturated heterocycles. The standard InChI is InChI=1S/C22H22N4O5/c1-13(27)24-20(26-21(30)31-22(2,3)4)25-19(29)18-16(28)11-10-15(12-23)17(18)14-8-6-5-7-9-14/h5-11,28H,1-4H3,(H2,24,25,26,27,29,30). The zero-order valence-electron chi connectivity index (χ0n) is 17.5. The number of guanidine groups is 1. The van der Waals surface area contributed by atoms with Crippen LogP contribution in [0.15, 0.2) is 47.5 Å². The molecule has 0 aliphatic rings. The van der Waals surface area contributed by atoms with E-state index in [1.54, 1.807) is 51.1 Å². The van der Waals surface area contributed by atoms with Crippen LogP contribution in [-0.2, 0) is 9.53 Å². The van der Waals surface area contributed by atoms with Crippen LogP contribution in [0, 0.1) is 11.3 Å². The summed E-state index contributed by atoms with van der Waals surface area (Å²) in [4.78, 5) is 40.1. The van der Waals surface area contributed by atoms with Gasteiger partial charge in [0.05, 0.1) is 17.2 Å². The first-order valence-electron chi connectivity index (χ1n) is 9.24. The van der Waals surface area contributed by atoms with Gasteiger partial charge in [0.15, 0.2) is 0 Å². The Kier molecular flexibility index (Phi) is 7.11. The Morgan fingerprint density at radius 2 is 1.71 bits per heavy atom. The average Bonchev–Trinajstić information content (AvgIpc) is 2.66. The average molecular weight is 422 g/mol. The van der Waals surface area contributed by atoms with E-state index in [2.05, 4.69) is 15.6 Å². The Balaban J connectivity index is 2.50. The lowest BCUT2D eigenvalue weighted by atomic mass is 9.93. The second kappa shape index (κ2) is 9.54. The largest absolute Gasteiger partial charge is 0.507 e. The normalized spacial score (nSPS) is 11.3. The minimum atomic E-state index is -1.03. The minimum absolute atomic E-state index is 0.152. The van der Waals surface area contributed by atoms with E-state index in [1.165, 1.54) is 19.1 Å². The fourth-order valence-electron chi connectivity index (χ4n) is 2.62. The van der Waals surface area contributed by atoms with Crippen LogP contribution < -0.4 is 10.6 Å².